The molecular weight excluding hydrogens is 1140 g/mol. The number of nitrogens with zero attached hydrogens (tertiary/aromatic N) is 3. The lowest BCUT2D eigenvalue weighted by molar-refractivity contribution is -0.141. The SMILES string of the molecule is N[C@H]1CSCCC(=O)N2CC34CN5C[C@]3(CN(C4)C(=O)CCSC[C@H](NC(=O)CNC(=O)CNC(=O)CNC(=O)CNC(=O)CNC1=O)C(=O)NCC(=O)NCC(=O)NCC(=O)NCC(=O)NCC(=O)N[C@H](C(=O)O)CSCCC5=O)C2. The molecule has 0 aliphatic carbocycles. The lowest BCUT2D eigenvalue weighted by atomic mass is 9.71. The molecule has 2 spiro atoms. The van der Waals surface area contributed by atoms with Crippen LogP contribution in [0.4, 0.5) is 0 Å². The van der Waals surface area contributed by atoms with Crippen molar-refractivity contribution in [3.05, 3.63) is 0 Å². The highest BCUT2D eigenvalue weighted by Gasteiger charge is 2.68. The van der Waals surface area contributed by atoms with Crippen molar-refractivity contribution in [1.82, 2.24) is 78.5 Å². The number of hydrogen-bond donors (Lipinski definition) is 14. The summed E-state index contributed by atoms with van der Waals surface area (Å²) in [5.74, 6) is -11.6. The van der Waals surface area contributed by atoms with Crippen LogP contribution in [0.3, 0.4) is 0 Å². The smallest absolute Gasteiger partial charge is 0.327 e. The van der Waals surface area contributed by atoms with Gasteiger partial charge in [0.05, 0.1) is 71.5 Å². The van der Waals surface area contributed by atoms with Crippen LogP contribution in [0.2, 0.25) is 0 Å². The second-order valence-corrected chi connectivity index (χ2v) is 23.1. The van der Waals surface area contributed by atoms with Gasteiger partial charge in [-0.1, -0.05) is 0 Å². The van der Waals surface area contributed by atoms with Crippen LogP contribution in [0.15, 0.2) is 0 Å². The molecule has 82 heavy (non-hydrogen) atoms. The third-order valence-electron chi connectivity index (χ3n) is 13.4. The highest BCUT2D eigenvalue weighted by atomic mass is 32.2. The van der Waals surface area contributed by atoms with E-state index in [-0.39, 0.29) is 111 Å². The summed E-state index contributed by atoms with van der Waals surface area (Å²) in [6.45, 7) is -5.19. The lowest BCUT2D eigenvalue weighted by Crippen LogP contribution is -2.53. The quantitative estimate of drug-likeness (QED) is 0.108. The van der Waals surface area contributed by atoms with Crippen LogP contribution >= 0.6 is 35.3 Å². The molecule has 452 valence electrons. The number of amides is 15. The van der Waals surface area contributed by atoms with Gasteiger partial charge in [-0.15, -0.1) is 0 Å². The Morgan fingerprint density at radius 3 is 1.01 bits per heavy atom. The summed E-state index contributed by atoms with van der Waals surface area (Å²) in [7, 11) is 0. The summed E-state index contributed by atoms with van der Waals surface area (Å²) >= 11 is 3.42. The predicted octanol–water partition coefficient (Wildman–Crippen LogP) is -10.6. The molecule has 15 amide bonds. The first-order chi connectivity index (χ1) is 39.0. The minimum absolute atomic E-state index is 0.0185. The Balaban J connectivity index is 1.32. The molecule has 0 aromatic rings. The zero-order valence-electron chi connectivity index (χ0n) is 44.5. The van der Waals surface area contributed by atoms with Gasteiger partial charge in [0.25, 0.3) is 0 Å². The van der Waals surface area contributed by atoms with Crippen LogP contribution in [-0.2, 0) is 76.7 Å². The molecule has 7 saturated heterocycles. The van der Waals surface area contributed by atoms with Crippen LogP contribution in [0.25, 0.3) is 0 Å². The van der Waals surface area contributed by atoms with Gasteiger partial charge in [-0.25, -0.2) is 4.79 Å². The summed E-state index contributed by atoms with van der Waals surface area (Å²) in [4.78, 5) is 210. The number of hydrogen-bond acceptors (Lipinski definition) is 20. The van der Waals surface area contributed by atoms with Gasteiger partial charge in [-0.2, -0.15) is 35.3 Å². The van der Waals surface area contributed by atoms with Gasteiger partial charge in [0.1, 0.15) is 12.1 Å². The van der Waals surface area contributed by atoms with E-state index in [1.807, 2.05) is 0 Å². The van der Waals surface area contributed by atoms with E-state index in [1.165, 1.54) is 11.8 Å². The number of fused-ring (bicyclic) bond motifs is 44. The summed E-state index contributed by atoms with van der Waals surface area (Å²) in [6.07, 6.45) is -0.00527. The van der Waals surface area contributed by atoms with Gasteiger partial charge in [0.15, 0.2) is 0 Å². The first-order valence-corrected chi connectivity index (χ1v) is 29.3. The Hall–Kier alpha value is -7.47. The Bertz CT molecular complexity index is 2490. The van der Waals surface area contributed by atoms with Crippen molar-refractivity contribution >= 4 is 130 Å². The van der Waals surface area contributed by atoms with Crippen LogP contribution < -0.4 is 69.5 Å². The van der Waals surface area contributed by atoms with Crippen LogP contribution in [0, 0.1) is 10.8 Å². The van der Waals surface area contributed by atoms with Gasteiger partial charge < -0.3 is 89.3 Å². The molecule has 15 N–H and O–H groups in total. The van der Waals surface area contributed by atoms with E-state index in [0.717, 1.165) is 23.5 Å². The van der Waals surface area contributed by atoms with E-state index in [2.05, 4.69) is 63.8 Å². The summed E-state index contributed by atoms with van der Waals surface area (Å²) < 4.78 is 0. The van der Waals surface area contributed by atoms with Gasteiger partial charge in [0, 0.05) is 104 Å². The molecule has 7 aliphatic rings. The highest BCUT2D eigenvalue weighted by Crippen LogP contribution is 2.57. The van der Waals surface area contributed by atoms with Crippen molar-refractivity contribution in [2.24, 2.45) is 16.6 Å². The Labute approximate surface area is 481 Å². The molecule has 1 unspecified atom stereocenters. The van der Waals surface area contributed by atoms with Crippen LogP contribution in [0.1, 0.15) is 19.3 Å². The average molecular weight is 1210 g/mol. The number of carboxylic acid groups (broad SMARTS) is 1. The third-order valence-corrected chi connectivity index (χ3v) is 16.6. The van der Waals surface area contributed by atoms with Gasteiger partial charge in [0.2, 0.25) is 88.6 Å². The molecule has 0 radical (unpaired) electrons. The molecule has 6 bridgehead atoms. The van der Waals surface area contributed by atoms with Crippen molar-refractivity contribution in [2.45, 2.75) is 37.4 Å². The van der Waals surface area contributed by atoms with Crippen molar-refractivity contribution in [1.29, 1.82) is 0 Å². The number of nitrogens with two attached hydrogens (primary N) is 1. The topological polar surface area (TPSA) is 473 Å². The van der Waals surface area contributed by atoms with E-state index in [0.29, 0.717) is 0 Å². The fraction of sp³-hybridized carbons (Fsp3) is 0.652. The molecule has 7 aliphatic heterocycles. The maximum absolute atomic E-state index is 14.0. The first-order valence-electron chi connectivity index (χ1n) is 25.8. The molecule has 7 rings (SSSR count). The molecule has 0 saturated carbocycles. The molecule has 7 fully saturated rings. The zero-order chi connectivity index (χ0) is 60.0. The summed E-state index contributed by atoms with van der Waals surface area (Å²) in [5.41, 5.74) is 4.54. The average Bonchev–Trinajstić information content (AvgIpc) is 2.36. The van der Waals surface area contributed by atoms with Gasteiger partial charge >= 0.3 is 5.97 Å². The third kappa shape index (κ3) is 20.5. The molecule has 0 aromatic heterocycles. The van der Waals surface area contributed by atoms with Crippen molar-refractivity contribution in [3.8, 4) is 0 Å². The lowest BCUT2D eigenvalue weighted by Gasteiger charge is -2.31. The number of aliphatic carboxylic acids is 1. The fourth-order valence-corrected chi connectivity index (χ4v) is 12.0. The number of rotatable bonds is 1. The largest absolute Gasteiger partial charge is 0.480 e. The summed E-state index contributed by atoms with van der Waals surface area (Å²) in [5, 5.41) is 37.2. The maximum atomic E-state index is 14.0. The second kappa shape index (κ2) is 31.7. The number of nitrogens with one attached hydrogen (secondary N) is 12. The standard InChI is InChI=1S/C46H68N16O17S3/c47-26-17-80-4-1-39(73)60-20-45-22-61-23-46(45,21-60)25-62(24-45)41(75)3-6-82-19-28(44(78)79)59-38(72)16-55-34(68)12-51-30(64)8-49-32(66)10-53-36(70)14-57-43(77)27(18-81-5-2-40(61)74)58-37(71)15-54-33(67)11-50-29(63)7-48-31(65)9-52-35(69)13-56-42(26)76/h26-28H,1-25,47H2,(H,48,65)(H,49,66)(H,50,63)(H,51,64)(H,52,69)(H,53,70)(H,54,67)(H,55,68)(H,56,76)(H,57,77)(H,58,71)(H,59,72)(H,78,79)/t26-,27-,28-,45+,46?/m0/s1. The maximum Gasteiger partial charge on any atom is 0.327 e. The predicted molar refractivity (Wildman–Crippen MR) is 290 cm³/mol. The van der Waals surface area contributed by atoms with Crippen molar-refractivity contribution in [2.75, 3.05) is 139 Å². The second-order valence-electron chi connectivity index (χ2n) is 19.6. The monoisotopic (exact) mass is 1210 g/mol. The Kier molecular flexibility index (Phi) is 25.2. The number of carbonyl (C=O) groups is 16. The minimum Gasteiger partial charge on any atom is -0.480 e. The molecule has 7 heterocycles. The zero-order valence-corrected chi connectivity index (χ0v) is 47.0. The fourth-order valence-electron chi connectivity index (χ4n) is 9.20. The molecule has 5 atom stereocenters. The normalized spacial score (nSPS) is 27.7. The number of thioether (sulfide) groups is 3. The van der Waals surface area contributed by atoms with Crippen molar-refractivity contribution < 1.29 is 81.8 Å². The highest BCUT2D eigenvalue weighted by molar-refractivity contribution is 7.99. The Morgan fingerprint density at radius 1 is 0.390 bits per heavy atom. The molecule has 33 nitrogen and oxygen atoms in total. The minimum atomic E-state index is -1.40. The van der Waals surface area contributed by atoms with E-state index in [1.54, 1.807) is 14.7 Å². The van der Waals surface area contributed by atoms with Gasteiger partial charge in [-0.3, -0.25) is 71.9 Å². The van der Waals surface area contributed by atoms with Crippen molar-refractivity contribution in [3.63, 3.8) is 0 Å². The molecule has 0 aromatic carbocycles. The first kappa shape index (κ1) is 65.3. The van der Waals surface area contributed by atoms with E-state index in [4.69, 9.17) is 5.73 Å². The molecular formula is C46H68N16O17S3. The van der Waals surface area contributed by atoms with E-state index in [9.17, 15) is 81.8 Å². The number of carboxylic acids is 1. The van der Waals surface area contributed by atoms with E-state index >= 15 is 0 Å². The van der Waals surface area contributed by atoms with Gasteiger partial charge in [-0.05, 0) is 0 Å². The number of carbonyl (C=O) groups excluding carboxylic acids is 15. The van der Waals surface area contributed by atoms with E-state index < -0.39 is 171 Å². The van der Waals surface area contributed by atoms with Crippen LogP contribution in [0.5, 0.6) is 0 Å². The Morgan fingerprint density at radius 2 is 0.671 bits per heavy atom. The molecule has 36 heteroatoms. The van der Waals surface area contributed by atoms with Crippen LogP contribution in [-0.4, -0.2) is 272 Å². The summed E-state index contributed by atoms with van der Waals surface area (Å²) in [6, 6.07) is -3.83.